The number of aliphatic hydroxyl groups excluding tert-OH is 1. The number of imidazole rings is 1. The first-order chi connectivity index (χ1) is 9.66. The van der Waals surface area contributed by atoms with Gasteiger partial charge in [0, 0.05) is 18.7 Å². The predicted molar refractivity (Wildman–Crippen MR) is 74.0 cm³/mol. The van der Waals surface area contributed by atoms with Crippen LogP contribution in [0.4, 0.5) is 5.82 Å². The fourth-order valence-electron chi connectivity index (χ4n) is 2.81. The Balaban J connectivity index is 1.87. The number of pyridine rings is 1. The third kappa shape index (κ3) is 2.22. The van der Waals surface area contributed by atoms with Crippen LogP contribution >= 0.6 is 0 Å². The minimum atomic E-state index is -1.02. The molecule has 1 saturated carbocycles. The van der Waals surface area contributed by atoms with Crippen molar-refractivity contribution >= 4 is 17.4 Å². The van der Waals surface area contributed by atoms with Crippen LogP contribution in [0.5, 0.6) is 0 Å². The molecule has 0 aliphatic heterocycles. The van der Waals surface area contributed by atoms with Gasteiger partial charge in [-0.2, -0.15) is 0 Å². The fourth-order valence-corrected chi connectivity index (χ4v) is 2.81. The lowest BCUT2D eigenvalue weighted by Crippen LogP contribution is -2.22. The van der Waals surface area contributed by atoms with E-state index in [0.29, 0.717) is 18.0 Å². The largest absolute Gasteiger partial charge is 0.476 e. The minimum absolute atomic E-state index is 0.132. The van der Waals surface area contributed by atoms with E-state index in [-0.39, 0.29) is 17.7 Å². The summed E-state index contributed by atoms with van der Waals surface area (Å²) in [6.07, 6.45) is 4.19. The number of rotatable bonds is 4. The van der Waals surface area contributed by atoms with Crippen LogP contribution in [0, 0.1) is 5.92 Å². The van der Waals surface area contributed by atoms with Gasteiger partial charge in [-0.1, -0.05) is 12.5 Å². The van der Waals surface area contributed by atoms with Crippen LogP contribution in [-0.4, -0.2) is 38.2 Å². The SMILES string of the molecule is O=C(O)c1c(NCC2CCCC2O)nc2ccccn12. The summed E-state index contributed by atoms with van der Waals surface area (Å²) in [5.74, 6) is -0.484. The van der Waals surface area contributed by atoms with Crippen molar-refractivity contribution in [1.29, 1.82) is 0 Å². The summed E-state index contributed by atoms with van der Waals surface area (Å²) >= 11 is 0. The van der Waals surface area contributed by atoms with Crippen molar-refractivity contribution < 1.29 is 15.0 Å². The third-order valence-electron chi connectivity index (χ3n) is 3.88. The first-order valence-corrected chi connectivity index (χ1v) is 6.79. The molecule has 20 heavy (non-hydrogen) atoms. The van der Waals surface area contributed by atoms with E-state index in [0.717, 1.165) is 19.3 Å². The van der Waals surface area contributed by atoms with E-state index < -0.39 is 5.97 Å². The highest BCUT2D eigenvalue weighted by atomic mass is 16.4. The van der Waals surface area contributed by atoms with Crippen molar-refractivity contribution in [3.63, 3.8) is 0 Å². The van der Waals surface area contributed by atoms with Gasteiger partial charge >= 0.3 is 5.97 Å². The molecule has 1 aliphatic carbocycles. The standard InChI is InChI=1S/C14H17N3O3/c18-10-5-3-4-9(10)8-15-13-12(14(19)20)17-7-2-1-6-11(17)16-13/h1-2,6-7,9-10,15,18H,3-5,8H2,(H,19,20). The molecule has 0 radical (unpaired) electrons. The first-order valence-electron chi connectivity index (χ1n) is 6.79. The molecular weight excluding hydrogens is 258 g/mol. The Hall–Kier alpha value is -2.08. The Morgan fingerprint density at radius 1 is 1.45 bits per heavy atom. The van der Waals surface area contributed by atoms with Crippen LogP contribution in [0.15, 0.2) is 24.4 Å². The van der Waals surface area contributed by atoms with Gasteiger partial charge in [0.05, 0.1) is 6.10 Å². The summed E-state index contributed by atoms with van der Waals surface area (Å²) in [5.41, 5.74) is 0.729. The number of aliphatic hydroxyl groups is 1. The molecule has 1 aliphatic rings. The monoisotopic (exact) mass is 275 g/mol. The topological polar surface area (TPSA) is 86.9 Å². The molecule has 2 aromatic heterocycles. The lowest BCUT2D eigenvalue weighted by molar-refractivity contribution is 0.0690. The Kier molecular flexibility index (Phi) is 3.31. The summed E-state index contributed by atoms with van der Waals surface area (Å²) in [5, 5.41) is 22.2. The summed E-state index contributed by atoms with van der Waals surface area (Å²) in [6.45, 7) is 0.547. The maximum atomic E-state index is 11.4. The van der Waals surface area contributed by atoms with E-state index in [1.54, 1.807) is 22.7 Å². The van der Waals surface area contributed by atoms with Gasteiger partial charge in [0.25, 0.3) is 0 Å². The van der Waals surface area contributed by atoms with E-state index in [1.165, 1.54) is 0 Å². The van der Waals surface area contributed by atoms with Crippen LogP contribution < -0.4 is 5.32 Å². The second-order valence-electron chi connectivity index (χ2n) is 5.18. The quantitative estimate of drug-likeness (QED) is 0.789. The Labute approximate surface area is 116 Å². The fraction of sp³-hybridized carbons (Fsp3) is 0.429. The number of anilines is 1. The van der Waals surface area contributed by atoms with Crippen molar-refractivity contribution in [2.45, 2.75) is 25.4 Å². The van der Waals surface area contributed by atoms with Crippen molar-refractivity contribution in [3.05, 3.63) is 30.1 Å². The van der Waals surface area contributed by atoms with Crippen molar-refractivity contribution in [2.75, 3.05) is 11.9 Å². The molecule has 3 rings (SSSR count). The normalized spacial score (nSPS) is 22.2. The van der Waals surface area contributed by atoms with Gasteiger partial charge in [-0.3, -0.25) is 4.40 Å². The summed E-state index contributed by atoms with van der Waals surface area (Å²) in [7, 11) is 0. The average molecular weight is 275 g/mol. The molecule has 0 bridgehead atoms. The second-order valence-corrected chi connectivity index (χ2v) is 5.18. The number of aromatic nitrogens is 2. The van der Waals surface area contributed by atoms with E-state index in [4.69, 9.17) is 0 Å². The number of carboxylic acids is 1. The van der Waals surface area contributed by atoms with Gasteiger partial charge < -0.3 is 15.5 Å². The van der Waals surface area contributed by atoms with Gasteiger partial charge in [0.1, 0.15) is 5.65 Å². The second kappa shape index (κ2) is 5.13. The molecule has 0 aromatic carbocycles. The Morgan fingerprint density at radius 3 is 3.00 bits per heavy atom. The molecule has 3 N–H and O–H groups in total. The molecule has 2 heterocycles. The number of hydrogen-bond acceptors (Lipinski definition) is 4. The molecule has 2 aromatic rings. The highest BCUT2D eigenvalue weighted by Gasteiger charge is 2.26. The van der Waals surface area contributed by atoms with Crippen LogP contribution in [0.1, 0.15) is 29.8 Å². The lowest BCUT2D eigenvalue weighted by atomic mass is 10.1. The van der Waals surface area contributed by atoms with Gasteiger partial charge in [-0.25, -0.2) is 9.78 Å². The van der Waals surface area contributed by atoms with Crippen LogP contribution in [0.2, 0.25) is 0 Å². The maximum absolute atomic E-state index is 11.4. The summed E-state index contributed by atoms with van der Waals surface area (Å²) in [4.78, 5) is 15.7. The maximum Gasteiger partial charge on any atom is 0.356 e. The van der Waals surface area contributed by atoms with Crippen molar-refractivity contribution in [3.8, 4) is 0 Å². The zero-order valence-electron chi connectivity index (χ0n) is 11.0. The molecule has 0 amide bonds. The minimum Gasteiger partial charge on any atom is -0.476 e. The number of aromatic carboxylic acids is 1. The Bertz CT molecular complexity index is 638. The van der Waals surface area contributed by atoms with Gasteiger partial charge in [-0.05, 0) is 25.0 Å². The summed E-state index contributed by atoms with van der Waals surface area (Å²) < 4.78 is 1.55. The zero-order chi connectivity index (χ0) is 14.1. The lowest BCUT2D eigenvalue weighted by Gasteiger charge is -2.14. The van der Waals surface area contributed by atoms with E-state index in [2.05, 4.69) is 10.3 Å². The molecular formula is C14H17N3O3. The molecule has 0 saturated heterocycles. The first kappa shape index (κ1) is 12.9. The van der Waals surface area contributed by atoms with E-state index in [9.17, 15) is 15.0 Å². The smallest absolute Gasteiger partial charge is 0.356 e. The van der Waals surface area contributed by atoms with E-state index >= 15 is 0 Å². The van der Waals surface area contributed by atoms with Gasteiger partial charge in [0.2, 0.25) is 0 Å². The van der Waals surface area contributed by atoms with Gasteiger partial charge in [-0.15, -0.1) is 0 Å². The molecule has 6 heteroatoms. The molecule has 0 spiro atoms. The zero-order valence-corrected chi connectivity index (χ0v) is 11.0. The number of nitrogens with zero attached hydrogens (tertiary/aromatic N) is 2. The van der Waals surface area contributed by atoms with E-state index in [1.807, 2.05) is 6.07 Å². The molecule has 106 valence electrons. The van der Waals surface area contributed by atoms with Crippen LogP contribution in [0.3, 0.4) is 0 Å². The molecule has 1 fully saturated rings. The van der Waals surface area contributed by atoms with Crippen molar-refractivity contribution in [1.82, 2.24) is 9.38 Å². The highest BCUT2D eigenvalue weighted by molar-refractivity contribution is 5.92. The Morgan fingerprint density at radius 2 is 2.30 bits per heavy atom. The number of fused-ring (bicyclic) bond motifs is 1. The highest BCUT2D eigenvalue weighted by Crippen LogP contribution is 2.26. The molecule has 2 unspecified atom stereocenters. The average Bonchev–Trinajstić information content (AvgIpc) is 2.99. The van der Waals surface area contributed by atoms with Gasteiger partial charge in [0.15, 0.2) is 11.5 Å². The predicted octanol–water partition coefficient (Wildman–Crippen LogP) is 1.61. The van der Waals surface area contributed by atoms with Crippen LogP contribution in [-0.2, 0) is 0 Å². The number of hydrogen-bond donors (Lipinski definition) is 3. The number of carboxylic acid groups (broad SMARTS) is 1. The summed E-state index contributed by atoms with van der Waals surface area (Å²) in [6, 6.07) is 5.35. The van der Waals surface area contributed by atoms with Crippen LogP contribution in [0.25, 0.3) is 5.65 Å². The number of carbonyl (C=O) groups is 1. The number of nitrogens with one attached hydrogen (secondary N) is 1. The van der Waals surface area contributed by atoms with Crippen molar-refractivity contribution in [2.24, 2.45) is 5.92 Å². The molecule has 6 nitrogen and oxygen atoms in total. The third-order valence-corrected chi connectivity index (χ3v) is 3.88. The molecule has 2 atom stereocenters.